The van der Waals surface area contributed by atoms with Crippen molar-refractivity contribution in [3.63, 3.8) is 0 Å². The lowest BCUT2D eigenvalue weighted by Crippen LogP contribution is -2.45. The molecule has 0 bridgehead atoms. The molecule has 0 radical (unpaired) electrons. The summed E-state index contributed by atoms with van der Waals surface area (Å²) in [5.41, 5.74) is 0.940. The Hall–Kier alpha value is -2.04. The number of carbonyl (C=O) groups is 2. The Morgan fingerprint density at radius 3 is 2.45 bits per heavy atom. The van der Waals surface area contributed by atoms with Crippen LogP contribution in [0.2, 0.25) is 0 Å². The number of amides is 1. The number of methoxy groups -OCH3 is 1. The Morgan fingerprint density at radius 2 is 1.91 bits per heavy atom. The monoisotopic (exact) mass is 307 g/mol. The number of hydrogen-bond acceptors (Lipinski definition) is 3. The van der Waals surface area contributed by atoms with Gasteiger partial charge in [0.05, 0.1) is 7.11 Å². The van der Waals surface area contributed by atoms with Gasteiger partial charge >= 0.3 is 5.97 Å². The van der Waals surface area contributed by atoms with Crippen molar-refractivity contribution in [2.24, 2.45) is 5.92 Å². The molecule has 3 atom stereocenters. The van der Waals surface area contributed by atoms with E-state index in [-0.39, 0.29) is 24.2 Å². The first kappa shape index (κ1) is 18.0. The van der Waals surface area contributed by atoms with Crippen LogP contribution in [-0.4, -0.2) is 30.1 Å². The van der Waals surface area contributed by atoms with Crippen LogP contribution in [0.25, 0.3) is 0 Å². The molecule has 1 amide bonds. The summed E-state index contributed by atoms with van der Waals surface area (Å²) in [4.78, 5) is 23.4. The van der Waals surface area contributed by atoms with Gasteiger partial charge in [-0.25, -0.2) is 4.79 Å². The summed E-state index contributed by atoms with van der Waals surface area (Å²) in [5.74, 6) is -0.677. The molecule has 0 aliphatic carbocycles. The van der Waals surface area contributed by atoms with Gasteiger partial charge in [-0.1, -0.05) is 45.4 Å². The van der Waals surface area contributed by atoms with Gasteiger partial charge < -0.3 is 15.2 Å². The molecule has 0 spiro atoms. The fourth-order valence-corrected chi connectivity index (χ4v) is 2.38. The van der Waals surface area contributed by atoms with Gasteiger partial charge in [0.1, 0.15) is 11.8 Å². The van der Waals surface area contributed by atoms with Crippen molar-refractivity contribution in [3.05, 3.63) is 29.8 Å². The highest BCUT2D eigenvalue weighted by Gasteiger charge is 2.26. The van der Waals surface area contributed by atoms with Crippen LogP contribution in [0.3, 0.4) is 0 Å². The third kappa shape index (κ3) is 4.76. The van der Waals surface area contributed by atoms with Crippen LogP contribution in [0.1, 0.15) is 45.1 Å². The molecule has 0 aliphatic rings. The number of carboxylic acid groups (broad SMARTS) is 1. The van der Waals surface area contributed by atoms with Gasteiger partial charge in [0.25, 0.3) is 0 Å². The number of nitrogens with one attached hydrogen (secondary N) is 1. The summed E-state index contributed by atoms with van der Waals surface area (Å²) in [6.07, 6.45) is 0.917. The molecular formula is C17H25NO4. The first-order chi connectivity index (χ1) is 10.4. The molecule has 2 N–H and O–H groups in total. The van der Waals surface area contributed by atoms with E-state index >= 15 is 0 Å². The van der Waals surface area contributed by atoms with Gasteiger partial charge in [-0.3, -0.25) is 4.79 Å². The first-order valence-electron chi connectivity index (χ1n) is 7.55. The van der Waals surface area contributed by atoms with Crippen LogP contribution in [-0.2, 0) is 9.59 Å². The highest BCUT2D eigenvalue weighted by Crippen LogP contribution is 2.28. The summed E-state index contributed by atoms with van der Waals surface area (Å²) in [5, 5.41) is 11.8. The Balaban J connectivity index is 2.73. The maximum absolute atomic E-state index is 12.1. The van der Waals surface area contributed by atoms with Crippen molar-refractivity contribution in [1.82, 2.24) is 5.32 Å². The molecule has 0 saturated carbocycles. The van der Waals surface area contributed by atoms with E-state index < -0.39 is 12.0 Å². The fourth-order valence-electron chi connectivity index (χ4n) is 2.38. The molecule has 0 unspecified atom stereocenters. The maximum atomic E-state index is 12.1. The molecule has 0 fully saturated rings. The number of hydrogen-bond donors (Lipinski definition) is 2. The van der Waals surface area contributed by atoms with Crippen LogP contribution in [0.5, 0.6) is 5.75 Å². The average molecular weight is 307 g/mol. The van der Waals surface area contributed by atoms with Crippen LogP contribution >= 0.6 is 0 Å². The molecule has 0 saturated heterocycles. The van der Waals surface area contributed by atoms with Crippen molar-refractivity contribution < 1.29 is 19.4 Å². The molecular weight excluding hydrogens is 282 g/mol. The molecule has 22 heavy (non-hydrogen) atoms. The van der Waals surface area contributed by atoms with E-state index in [1.54, 1.807) is 7.11 Å². The average Bonchev–Trinajstić information content (AvgIpc) is 2.51. The summed E-state index contributed by atoms with van der Waals surface area (Å²) < 4.78 is 5.30. The van der Waals surface area contributed by atoms with Crippen LogP contribution in [0.15, 0.2) is 24.3 Å². The largest absolute Gasteiger partial charge is 0.496 e. The van der Waals surface area contributed by atoms with E-state index in [9.17, 15) is 14.7 Å². The van der Waals surface area contributed by atoms with E-state index in [1.165, 1.54) is 0 Å². The predicted octanol–water partition coefficient (Wildman–Crippen LogP) is 2.80. The fraction of sp³-hybridized carbons (Fsp3) is 0.529. The minimum Gasteiger partial charge on any atom is -0.496 e. The van der Waals surface area contributed by atoms with E-state index in [2.05, 4.69) is 5.32 Å². The summed E-state index contributed by atoms with van der Waals surface area (Å²) in [6, 6.07) is 6.69. The zero-order valence-corrected chi connectivity index (χ0v) is 13.6. The Kier molecular flexibility index (Phi) is 6.89. The Bertz CT molecular complexity index is 515. The standard InChI is InChI=1S/C17H25NO4/c1-5-11(2)16(17(20)21)18-15(19)10-12(3)13-8-6-7-9-14(13)22-4/h6-9,11-12,16H,5,10H2,1-4H3,(H,18,19)(H,20,21)/t11-,12+,16-/m0/s1. The number of rotatable bonds is 8. The van der Waals surface area contributed by atoms with E-state index in [0.29, 0.717) is 6.42 Å². The molecule has 0 heterocycles. The smallest absolute Gasteiger partial charge is 0.326 e. The molecule has 1 aromatic carbocycles. The van der Waals surface area contributed by atoms with Gasteiger partial charge in [-0.2, -0.15) is 0 Å². The van der Waals surface area contributed by atoms with Crippen molar-refractivity contribution in [2.75, 3.05) is 7.11 Å². The Morgan fingerprint density at radius 1 is 1.27 bits per heavy atom. The minimum absolute atomic E-state index is 0.0532. The van der Waals surface area contributed by atoms with Gasteiger partial charge in [0, 0.05) is 6.42 Å². The molecule has 5 heteroatoms. The zero-order valence-electron chi connectivity index (χ0n) is 13.6. The van der Waals surface area contributed by atoms with Crippen molar-refractivity contribution in [3.8, 4) is 5.75 Å². The SMILES string of the molecule is CC[C@H](C)[C@H](NC(=O)C[C@@H](C)c1ccccc1OC)C(=O)O. The van der Waals surface area contributed by atoms with E-state index in [4.69, 9.17) is 4.74 Å². The predicted molar refractivity (Wildman–Crippen MR) is 85.0 cm³/mol. The minimum atomic E-state index is -0.993. The summed E-state index contributed by atoms with van der Waals surface area (Å²) >= 11 is 0. The molecule has 1 aromatic rings. The number of ether oxygens (including phenoxy) is 1. The van der Waals surface area contributed by atoms with E-state index in [0.717, 1.165) is 11.3 Å². The van der Waals surface area contributed by atoms with Crippen molar-refractivity contribution in [2.45, 2.75) is 45.6 Å². The molecule has 5 nitrogen and oxygen atoms in total. The third-order valence-electron chi connectivity index (χ3n) is 3.96. The van der Waals surface area contributed by atoms with Crippen LogP contribution in [0, 0.1) is 5.92 Å². The summed E-state index contributed by atoms with van der Waals surface area (Å²) in [7, 11) is 1.59. The van der Waals surface area contributed by atoms with Crippen LogP contribution in [0.4, 0.5) is 0 Å². The quantitative estimate of drug-likeness (QED) is 0.774. The maximum Gasteiger partial charge on any atom is 0.326 e. The molecule has 0 aliphatic heterocycles. The van der Waals surface area contributed by atoms with E-state index in [1.807, 2.05) is 45.0 Å². The number of aliphatic carboxylic acids is 1. The van der Waals surface area contributed by atoms with Gasteiger partial charge in [0.15, 0.2) is 0 Å². The number of benzene rings is 1. The molecule has 122 valence electrons. The van der Waals surface area contributed by atoms with Crippen molar-refractivity contribution in [1.29, 1.82) is 0 Å². The third-order valence-corrected chi connectivity index (χ3v) is 3.96. The lowest BCUT2D eigenvalue weighted by atomic mass is 9.95. The molecule has 0 aromatic heterocycles. The van der Waals surface area contributed by atoms with Crippen LogP contribution < -0.4 is 10.1 Å². The number of carboxylic acids is 1. The van der Waals surface area contributed by atoms with Crippen molar-refractivity contribution >= 4 is 11.9 Å². The van der Waals surface area contributed by atoms with Gasteiger partial charge in [-0.05, 0) is 23.5 Å². The van der Waals surface area contributed by atoms with Gasteiger partial charge in [0.2, 0.25) is 5.91 Å². The second-order valence-corrected chi connectivity index (χ2v) is 5.62. The number of para-hydroxylation sites is 1. The topological polar surface area (TPSA) is 75.6 Å². The lowest BCUT2D eigenvalue weighted by Gasteiger charge is -2.21. The highest BCUT2D eigenvalue weighted by molar-refractivity contribution is 5.84. The summed E-state index contributed by atoms with van der Waals surface area (Å²) in [6.45, 7) is 5.66. The second kappa shape index (κ2) is 8.41. The first-order valence-corrected chi connectivity index (χ1v) is 7.55. The normalized spacial score (nSPS) is 14.7. The lowest BCUT2D eigenvalue weighted by molar-refractivity contribution is -0.143. The highest BCUT2D eigenvalue weighted by atomic mass is 16.5. The molecule has 1 rings (SSSR count). The van der Waals surface area contributed by atoms with Gasteiger partial charge in [-0.15, -0.1) is 0 Å². The second-order valence-electron chi connectivity index (χ2n) is 5.62. The zero-order chi connectivity index (χ0) is 16.7. The number of carbonyl (C=O) groups excluding carboxylic acids is 1. The Labute approximate surface area is 131 Å².